The minimum absolute atomic E-state index is 0.101. The number of rotatable bonds is 10. The highest BCUT2D eigenvalue weighted by molar-refractivity contribution is 6.01. The molecule has 1 aromatic heterocycles. The van der Waals surface area contributed by atoms with Gasteiger partial charge in [-0.1, -0.05) is 52.5 Å². The molecule has 4 amide bonds. The fourth-order valence-corrected chi connectivity index (χ4v) is 9.02. The molecule has 3 aromatic carbocycles. The van der Waals surface area contributed by atoms with Gasteiger partial charge in [-0.15, -0.1) is 0 Å². The fourth-order valence-electron chi connectivity index (χ4n) is 9.02. The molecule has 5 heterocycles. The third-order valence-corrected chi connectivity index (χ3v) is 12.3. The van der Waals surface area contributed by atoms with E-state index in [1.807, 2.05) is 69.0 Å². The minimum atomic E-state index is -0.707. The van der Waals surface area contributed by atoms with Crippen LogP contribution in [0.15, 0.2) is 72.4 Å². The number of aromatic nitrogens is 2. The number of aliphatic imine (C=N–C) groups is 1. The van der Waals surface area contributed by atoms with Crippen molar-refractivity contribution in [1.82, 2.24) is 30.4 Å². The SMILES string of the molecule is C=C1c2ccc(-c3ccc4c(c3)CC([C@@H]3CCCN3C(=O)[C@@H](NC(=O)OC)C(C)C)=N4)cc2Oc2ccc(-c3cnc([C@@H]4CCCN4C(=O)[C@@H](NC(=O)OC)C(C)C)[nH]3)cc21. The Labute approximate surface area is 355 Å². The van der Waals surface area contributed by atoms with Gasteiger partial charge in [-0.3, -0.25) is 14.6 Å². The van der Waals surface area contributed by atoms with Gasteiger partial charge in [0.2, 0.25) is 11.8 Å². The monoisotopic (exact) mass is 827 g/mol. The zero-order valence-corrected chi connectivity index (χ0v) is 35.5. The van der Waals surface area contributed by atoms with Gasteiger partial charge in [0.15, 0.2) is 0 Å². The average molecular weight is 828 g/mol. The predicted octanol–water partition coefficient (Wildman–Crippen LogP) is 7.96. The molecule has 8 rings (SSSR count). The molecule has 4 aromatic rings. The van der Waals surface area contributed by atoms with Crippen LogP contribution >= 0.6 is 0 Å². The van der Waals surface area contributed by atoms with Gasteiger partial charge in [0.05, 0.1) is 43.9 Å². The maximum Gasteiger partial charge on any atom is 0.407 e. The summed E-state index contributed by atoms with van der Waals surface area (Å²) in [5.41, 5.74) is 9.35. The van der Waals surface area contributed by atoms with Crippen molar-refractivity contribution in [1.29, 1.82) is 0 Å². The summed E-state index contributed by atoms with van der Waals surface area (Å²) in [7, 11) is 2.59. The van der Waals surface area contributed by atoms with Crippen LogP contribution in [0.3, 0.4) is 0 Å². The van der Waals surface area contributed by atoms with E-state index in [9.17, 15) is 19.2 Å². The first kappa shape index (κ1) is 41.3. The predicted molar refractivity (Wildman–Crippen MR) is 232 cm³/mol. The molecule has 0 spiro atoms. The van der Waals surface area contributed by atoms with Crippen LogP contribution in [-0.4, -0.2) is 94.9 Å². The molecule has 4 atom stereocenters. The van der Waals surface area contributed by atoms with Crippen molar-refractivity contribution in [3.8, 4) is 33.9 Å². The lowest BCUT2D eigenvalue weighted by Crippen LogP contribution is -2.53. The fraction of sp³-hybridized carbons (Fsp3) is 0.404. The van der Waals surface area contributed by atoms with Crippen molar-refractivity contribution < 1.29 is 33.4 Å². The zero-order chi connectivity index (χ0) is 43.1. The number of hydrogen-bond acceptors (Lipinski definition) is 9. The normalized spacial score (nSPS) is 18.8. The Hall–Kier alpha value is -6.44. The number of imidazole rings is 1. The number of H-pyrrole nitrogens is 1. The standard InChI is InChI=1S/C47H53N7O7/c1-25(2)41(51-46(57)59-6)44(55)53-18-8-10-37(53)35-22-31-20-28(13-16-34(31)49-35)29-12-15-32-27(5)33-21-30(14-17-39(33)61-40(32)23-29)36-24-48-43(50-36)38-11-9-19-54(38)45(56)42(26(3)4)52-47(58)60-7/h12-17,20-21,23-26,37-38,41-42H,5,8-11,18-19,22H2,1-4,6-7H3,(H,48,50)(H,51,57)(H,52,58)/t37-,38-,41-,42-/m0/s1. The highest BCUT2D eigenvalue weighted by atomic mass is 16.5. The summed E-state index contributed by atoms with van der Waals surface area (Å²) in [6, 6.07) is 16.7. The van der Waals surface area contributed by atoms with Crippen LogP contribution < -0.4 is 15.4 Å². The Morgan fingerprint density at radius 3 is 2.03 bits per heavy atom. The van der Waals surface area contributed by atoms with E-state index in [4.69, 9.17) is 24.2 Å². The Morgan fingerprint density at radius 1 is 0.770 bits per heavy atom. The molecule has 0 aliphatic carbocycles. The van der Waals surface area contributed by atoms with Gasteiger partial charge >= 0.3 is 12.2 Å². The van der Waals surface area contributed by atoms with Gasteiger partial charge in [0, 0.05) is 41.9 Å². The van der Waals surface area contributed by atoms with Crippen molar-refractivity contribution in [2.45, 2.75) is 84.0 Å². The van der Waals surface area contributed by atoms with Crippen LogP contribution in [0.2, 0.25) is 0 Å². The number of nitrogens with zero attached hydrogens (tertiary/aromatic N) is 4. The van der Waals surface area contributed by atoms with Gasteiger partial charge in [-0.05, 0) is 96.2 Å². The molecule has 2 fully saturated rings. The molecule has 0 radical (unpaired) electrons. The lowest BCUT2D eigenvalue weighted by atomic mass is 9.91. The summed E-state index contributed by atoms with van der Waals surface area (Å²) in [6.07, 6.45) is 4.47. The lowest BCUT2D eigenvalue weighted by molar-refractivity contribution is -0.135. The van der Waals surface area contributed by atoms with E-state index < -0.39 is 24.3 Å². The molecular weight excluding hydrogens is 775 g/mol. The highest BCUT2D eigenvalue weighted by Crippen LogP contribution is 2.46. The quantitative estimate of drug-likeness (QED) is 0.128. The minimum Gasteiger partial charge on any atom is -0.456 e. The van der Waals surface area contributed by atoms with Gasteiger partial charge in [0.1, 0.15) is 29.4 Å². The van der Waals surface area contributed by atoms with Crippen molar-refractivity contribution >= 4 is 41.0 Å². The molecule has 3 N–H and O–H groups in total. The van der Waals surface area contributed by atoms with Gasteiger partial charge in [-0.25, -0.2) is 14.6 Å². The number of aromatic amines is 1. The molecule has 61 heavy (non-hydrogen) atoms. The Morgan fingerprint density at radius 2 is 1.38 bits per heavy atom. The van der Waals surface area contributed by atoms with Crippen LogP contribution in [0.5, 0.6) is 11.5 Å². The number of ether oxygens (including phenoxy) is 3. The van der Waals surface area contributed by atoms with Crippen LogP contribution in [0.25, 0.3) is 28.0 Å². The largest absolute Gasteiger partial charge is 0.456 e. The first-order chi connectivity index (χ1) is 29.3. The smallest absolute Gasteiger partial charge is 0.407 e. The van der Waals surface area contributed by atoms with Crippen molar-refractivity contribution in [3.05, 3.63) is 89.9 Å². The Balaban J connectivity index is 0.954. The molecule has 318 valence electrons. The van der Waals surface area contributed by atoms with Crippen molar-refractivity contribution in [2.24, 2.45) is 16.8 Å². The van der Waals surface area contributed by atoms with Crippen LogP contribution in [0.1, 0.15) is 81.9 Å². The van der Waals surface area contributed by atoms with Crippen LogP contribution in [0, 0.1) is 11.8 Å². The van der Waals surface area contributed by atoms with E-state index in [2.05, 4.69) is 40.4 Å². The third kappa shape index (κ3) is 7.98. The zero-order valence-electron chi connectivity index (χ0n) is 35.5. The average Bonchev–Trinajstić information content (AvgIpc) is 4.10. The maximum absolute atomic E-state index is 13.7. The number of nitrogens with one attached hydrogen (secondary N) is 3. The second kappa shape index (κ2) is 16.9. The van der Waals surface area contributed by atoms with Crippen molar-refractivity contribution in [2.75, 3.05) is 27.3 Å². The third-order valence-electron chi connectivity index (χ3n) is 12.3. The van der Waals surface area contributed by atoms with E-state index in [1.165, 1.54) is 14.2 Å². The number of likely N-dealkylation sites (tertiary alicyclic amines) is 2. The molecule has 14 nitrogen and oxygen atoms in total. The van der Waals surface area contributed by atoms with Crippen molar-refractivity contribution in [3.63, 3.8) is 0 Å². The number of hydrogen-bond donors (Lipinski definition) is 3. The van der Waals surface area contributed by atoms with E-state index >= 15 is 0 Å². The lowest BCUT2D eigenvalue weighted by Gasteiger charge is -2.30. The number of benzene rings is 3. The second-order valence-electron chi connectivity index (χ2n) is 16.9. The first-order valence-corrected chi connectivity index (χ1v) is 21.1. The topological polar surface area (TPSA) is 168 Å². The maximum atomic E-state index is 13.7. The second-order valence-corrected chi connectivity index (χ2v) is 16.9. The van der Waals surface area contributed by atoms with Gasteiger partial charge in [0.25, 0.3) is 0 Å². The number of carbonyl (C=O) groups is 4. The molecule has 2 saturated heterocycles. The molecule has 0 bridgehead atoms. The number of fused-ring (bicyclic) bond motifs is 3. The molecule has 14 heteroatoms. The Kier molecular flexibility index (Phi) is 11.4. The summed E-state index contributed by atoms with van der Waals surface area (Å²) < 4.78 is 16.1. The van der Waals surface area contributed by atoms with E-state index in [1.54, 1.807) is 11.1 Å². The van der Waals surface area contributed by atoms with E-state index in [0.29, 0.717) is 31.1 Å². The van der Waals surface area contributed by atoms with Gasteiger partial charge in [-0.2, -0.15) is 0 Å². The number of carbonyl (C=O) groups excluding carboxylic acids is 4. The van der Waals surface area contributed by atoms with Crippen LogP contribution in [-0.2, 0) is 25.5 Å². The highest BCUT2D eigenvalue weighted by Gasteiger charge is 2.40. The van der Waals surface area contributed by atoms with Crippen LogP contribution in [0.4, 0.5) is 15.3 Å². The molecule has 4 aliphatic heterocycles. The van der Waals surface area contributed by atoms with E-state index in [0.717, 1.165) is 87.5 Å². The molecule has 0 saturated carbocycles. The molecule has 4 aliphatic rings. The van der Waals surface area contributed by atoms with Gasteiger partial charge < -0.3 is 39.6 Å². The molecular formula is C47H53N7O7. The summed E-state index contributed by atoms with van der Waals surface area (Å²) >= 11 is 0. The number of methoxy groups -OCH3 is 2. The Bertz CT molecular complexity index is 2440. The van der Waals surface area contributed by atoms with E-state index in [-0.39, 0.29) is 35.7 Å². The summed E-state index contributed by atoms with van der Waals surface area (Å²) in [6.45, 7) is 13.3. The summed E-state index contributed by atoms with van der Waals surface area (Å²) in [5.74, 6) is 1.63. The number of amides is 4. The summed E-state index contributed by atoms with van der Waals surface area (Å²) in [4.78, 5) is 68.3. The summed E-state index contributed by atoms with van der Waals surface area (Å²) in [5, 5.41) is 5.43. The number of alkyl carbamates (subject to hydrolysis) is 2. The molecule has 0 unspecified atom stereocenters. The first-order valence-electron chi connectivity index (χ1n) is 21.1.